The molecule has 1 aromatic rings. The molecule has 0 saturated carbocycles. The van der Waals surface area contributed by atoms with Crippen molar-refractivity contribution in [2.75, 3.05) is 0 Å². The summed E-state index contributed by atoms with van der Waals surface area (Å²) in [6.45, 7) is 5.95. The molecule has 0 bridgehead atoms. The molecule has 58 valence electrons. The Kier molecular flexibility index (Phi) is 4.58. The lowest BCUT2D eigenvalue weighted by molar-refractivity contribution is 0.281. The predicted molar refractivity (Wildman–Crippen MR) is 40.6 cm³/mol. The predicted octanol–water partition coefficient (Wildman–Crippen LogP) is 1.24. The second kappa shape index (κ2) is 4.99. The lowest BCUT2D eigenvalue weighted by Gasteiger charge is -1.86. The van der Waals surface area contributed by atoms with Crippen LogP contribution in [0.25, 0.3) is 0 Å². The number of hydrogen-bond acceptors (Lipinski definition) is 2. The Hall–Kier alpha value is -0.830. The maximum Gasteiger partial charge on any atom is 0.0715 e. The van der Waals surface area contributed by atoms with Crippen molar-refractivity contribution in [1.82, 2.24) is 10.2 Å². The lowest BCUT2D eigenvalue weighted by Crippen LogP contribution is -1.81. The van der Waals surface area contributed by atoms with E-state index >= 15 is 0 Å². The number of aryl methyl sites for hydroxylation is 1. The van der Waals surface area contributed by atoms with Crippen LogP contribution in [0.15, 0.2) is 6.20 Å². The third-order valence-electron chi connectivity index (χ3n) is 1.10. The van der Waals surface area contributed by atoms with Crippen molar-refractivity contribution in [3.8, 4) is 0 Å². The zero-order chi connectivity index (χ0) is 7.98. The van der Waals surface area contributed by atoms with Crippen LogP contribution in [0, 0.1) is 6.92 Å². The van der Waals surface area contributed by atoms with E-state index in [1.54, 1.807) is 6.20 Å². The van der Waals surface area contributed by atoms with E-state index in [0.29, 0.717) is 0 Å². The van der Waals surface area contributed by atoms with Gasteiger partial charge in [0.05, 0.1) is 12.8 Å². The third-order valence-corrected chi connectivity index (χ3v) is 1.10. The average Bonchev–Trinajstić information content (AvgIpc) is 2.39. The quantitative estimate of drug-likeness (QED) is 0.619. The first-order chi connectivity index (χ1) is 4.84. The molecule has 1 rings (SSSR count). The summed E-state index contributed by atoms with van der Waals surface area (Å²) in [5, 5.41) is 15.0. The minimum absolute atomic E-state index is 0.0718. The highest BCUT2D eigenvalue weighted by molar-refractivity contribution is 5.12. The molecule has 0 spiro atoms. The van der Waals surface area contributed by atoms with Gasteiger partial charge in [0, 0.05) is 11.3 Å². The van der Waals surface area contributed by atoms with Gasteiger partial charge >= 0.3 is 0 Å². The minimum atomic E-state index is 0.0718. The van der Waals surface area contributed by atoms with E-state index in [1.807, 2.05) is 20.8 Å². The van der Waals surface area contributed by atoms with Crippen LogP contribution in [-0.2, 0) is 6.61 Å². The van der Waals surface area contributed by atoms with Gasteiger partial charge in [-0.1, -0.05) is 13.8 Å². The summed E-state index contributed by atoms with van der Waals surface area (Å²) < 4.78 is 0. The molecule has 0 aliphatic carbocycles. The molecular weight excluding hydrogens is 128 g/mol. The summed E-state index contributed by atoms with van der Waals surface area (Å²) in [4.78, 5) is 0. The van der Waals surface area contributed by atoms with E-state index in [2.05, 4.69) is 10.2 Å². The van der Waals surface area contributed by atoms with Gasteiger partial charge in [-0.05, 0) is 6.92 Å². The molecule has 1 heterocycles. The van der Waals surface area contributed by atoms with Crippen molar-refractivity contribution >= 4 is 0 Å². The van der Waals surface area contributed by atoms with Gasteiger partial charge in [0.25, 0.3) is 0 Å². The van der Waals surface area contributed by atoms with Crippen molar-refractivity contribution < 1.29 is 5.11 Å². The molecule has 3 nitrogen and oxygen atoms in total. The summed E-state index contributed by atoms with van der Waals surface area (Å²) in [5.74, 6) is 0. The standard InChI is InChI=1S/C5H8N2O.C2H6/c1-4-5(3-8)2-6-7-4;1-2/h2,8H,3H2,1H3,(H,6,7);1-2H3. The SMILES string of the molecule is CC.Cc1[nH]ncc1CO. The van der Waals surface area contributed by atoms with Crippen LogP contribution >= 0.6 is 0 Å². The Bertz CT molecular complexity index is 172. The molecule has 0 aliphatic rings. The Balaban J connectivity index is 0.000000371. The van der Waals surface area contributed by atoms with E-state index < -0.39 is 0 Å². The summed E-state index contributed by atoms with van der Waals surface area (Å²) >= 11 is 0. The number of aromatic nitrogens is 2. The number of nitrogens with one attached hydrogen (secondary N) is 1. The number of nitrogens with zero attached hydrogens (tertiary/aromatic N) is 1. The number of aliphatic hydroxyl groups excluding tert-OH is 1. The largest absolute Gasteiger partial charge is 0.392 e. The van der Waals surface area contributed by atoms with E-state index in [9.17, 15) is 0 Å². The van der Waals surface area contributed by atoms with Gasteiger partial charge in [-0.2, -0.15) is 5.10 Å². The van der Waals surface area contributed by atoms with Crippen molar-refractivity contribution in [2.45, 2.75) is 27.4 Å². The molecule has 0 unspecified atom stereocenters. The zero-order valence-electron chi connectivity index (χ0n) is 6.68. The first kappa shape index (κ1) is 9.17. The van der Waals surface area contributed by atoms with Gasteiger partial charge in [0.15, 0.2) is 0 Å². The van der Waals surface area contributed by atoms with E-state index in [4.69, 9.17) is 5.11 Å². The van der Waals surface area contributed by atoms with Crippen LogP contribution in [0.2, 0.25) is 0 Å². The number of aliphatic hydroxyl groups is 1. The Labute approximate surface area is 61.1 Å². The highest BCUT2D eigenvalue weighted by atomic mass is 16.3. The van der Waals surface area contributed by atoms with Crippen molar-refractivity contribution in [1.29, 1.82) is 0 Å². The molecule has 10 heavy (non-hydrogen) atoms. The molecule has 0 amide bonds. The normalized spacial score (nSPS) is 8.40. The molecule has 0 aromatic carbocycles. The fourth-order valence-electron chi connectivity index (χ4n) is 0.535. The fourth-order valence-corrected chi connectivity index (χ4v) is 0.535. The van der Waals surface area contributed by atoms with E-state index in [-0.39, 0.29) is 6.61 Å². The molecule has 0 saturated heterocycles. The Morgan fingerprint density at radius 3 is 2.40 bits per heavy atom. The minimum Gasteiger partial charge on any atom is -0.392 e. The monoisotopic (exact) mass is 142 g/mol. The number of H-pyrrole nitrogens is 1. The van der Waals surface area contributed by atoms with Crippen molar-refractivity contribution in [3.63, 3.8) is 0 Å². The molecule has 2 N–H and O–H groups in total. The van der Waals surface area contributed by atoms with Crippen molar-refractivity contribution in [3.05, 3.63) is 17.5 Å². The summed E-state index contributed by atoms with van der Waals surface area (Å²) in [6, 6.07) is 0. The van der Waals surface area contributed by atoms with Gasteiger partial charge < -0.3 is 5.11 Å². The molecule has 0 aliphatic heterocycles. The van der Waals surface area contributed by atoms with Crippen LogP contribution < -0.4 is 0 Å². The smallest absolute Gasteiger partial charge is 0.0715 e. The lowest BCUT2D eigenvalue weighted by atomic mass is 10.3. The van der Waals surface area contributed by atoms with Crippen LogP contribution in [0.4, 0.5) is 0 Å². The van der Waals surface area contributed by atoms with Crippen LogP contribution in [0.3, 0.4) is 0 Å². The number of rotatable bonds is 1. The highest BCUT2D eigenvalue weighted by Crippen LogP contribution is 1.99. The van der Waals surface area contributed by atoms with Gasteiger partial charge in [-0.15, -0.1) is 0 Å². The number of aromatic amines is 1. The highest BCUT2D eigenvalue weighted by Gasteiger charge is 1.94. The van der Waals surface area contributed by atoms with Crippen molar-refractivity contribution in [2.24, 2.45) is 0 Å². The molecule has 1 aromatic heterocycles. The van der Waals surface area contributed by atoms with Crippen LogP contribution in [-0.4, -0.2) is 15.3 Å². The summed E-state index contributed by atoms with van der Waals surface area (Å²) in [6.07, 6.45) is 1.62. The molecule has 3 heteroatoms. The van der Waals surface area contributed by atoms with Crippen LogP contribution in [0.5, 0.6) is 0 Å². The maximum atomic E-state index is 8.55. The average molecular weight is 142 g/mol. The maximum absolute atomic E-state index is 8.55. The Morgan fingerprint density at radius 2 is 2.20 bits per heavy atom. The Morgan fingerprint density at radius 1 is 1.60 bits per heavy atom. The second-order valence-corrected chi connectivity index (χ2v) is 1.68. The summed E-state index contributed by atoms with van der Waals surface area (Å²) in [5.41, 5.74) is 1.80. The topological polar surface area (TPSA) is 48.9 Å². The van der Waals surface area contributed by atoms with Gasteiger partial charge in [0.1, 0.15) is 0 Å². The summed E-state index contributed by atoms with van der Waals surface area (Å²) in [7, 11) is 0. The zero-order valence-corrected chi connectivity index (χ0v) is 6.68. The fraction of sp³-hybridized carbons (Fsp3) is 0.571. The first-order valence-electron chi connectivity index (χ1n) is 3.44. The molecule has 0 fully saturated rings. The first-order valence-corrected chi connectivity index (χ1v) is 3.44. The number of hydrogen-bond donors (Lipinski definition) is 2. The van der Waals surface area contributed by atoms with Gasteiger partial charge in [0.2, 0.25) is 0 Å². The van der Waals surface area contributed by atoms with E-state index in [0.717, 1.165) is 11.3 Å². The van der Waals surface area contributed by atoms with E-state index in [1.165, 1.54) is 0 Å². The molecule has 0 atom stereocenters. The van der Waals surface area contributed by atoms with Crippen LogP contribution in [0.1, 0.15) is 25.1 Å². The molecular formula is C7H14N2O. The van der Waals surface area contributed by atoms with Gasteiger partial charge in [-0.25, -0.2) is 0 Å². The third kappa shape index (κ3) is 2.19. The molecule has 0 radical (unpaired) electrons. The second-order valence-electron chi connectivity index (χ2n) is 1.68. The van der Waals surface area contributed by atoms with Gasteiger partial charge in [-0.3, -0.25) is 5.10 Å².